The van der Waals surface area contributed by atoms with E-state index in [0.29, 0.717) is 6.54 Å². The van der Waals surface area contributed by atoms with Gasteiger partial charge in [-0.25, -0.2) is 0 Å². The second-order valence-corrected chi connectivity index (χ2v) is 6.64. The van der Waals surface area contributed by atoms with Crippen LogP contribution in [0.1, 0.15) is 16.5 Å². The molecule has 2 N–H and O–H groups in total. The second-order valence-electron chi connectivity index (χ2n) is 4.09. The van der Waals surface area contributed by atoms with Gasteiger partial charge in [0.25, 0.3) is 0 Å². The number of aryl methyl sites for hydroxylation is 1. The minimum atomic E-state index is -0.378. The maximum Gasteiger partial charge on any atom is 0.242 e. The average molecular weight is 380 g/mol. The fraction of sp³-hybridized carbons (Fsp3) is 0.333. The van der Waals surface area contributed by atoms with Crippen LogP contribution < -0.4 is 10.6 Å². The zero-order valence-electron chi connectivity index (χ0n) is 11.1. The summed E-state index contributed by atoms with van der Waals surface area (Å²) in [5, 5.41) is 10.0. The zero-order valence-corrected chi connectivity index (χ0v) is 14.3. The molecule has 0 saturated heterocycles. The minimum absolute atomic E-state index is 0. The number of aromatic nitrogens is 2. The van der Waals surface area contributed by atoms with Gasteiger partial charge in [-0.1, -0.05) is 0 Å². The molecule has 0 aliphatic heterocycles. The van der Waals surface area contributed by atoms with Crippen LogP contribution >= 0.6 is 39.7 Å². The Labute approximate surface area is 136 Å². The van der Waals surface area contributed by atoms with Crippen molar-refractivity contribution in [1.29, 1.82) is 0 Å². The Balaban J connectivity index is 0.00000200. The Bertz CT molecular complexity index is 571. The first-order valence-electron chi connectivity index (χ1n) is 5.78. The molecule has 1 amide bonds. The quantitative estimate of drug-likeness (QED) is 0.837. The van der Waals surface area contributed by atoms with Crippen LogP contribution in [-0.2, 0) is 18.4 Å². The first-order chi connectivity index (χ1) is 9.10. The highest BCUT2D eigenvalue weighted by Crippen LogP contribution is 2.22. The summed E-state index contributed by atoms with van der Waals surface area (Å²) >= 11 is 5.02. The molecule has 20 heavy (non-hydrogen) atoms. The van der Waals surface area contributed by atoms with Gasteiger partial charge in [0.15, 0.2) is 0 Å². The summed E-state index contributed by atoms with van der Waals surface area (Å²) in [6.07, 6.45) is 3.53. The van der Waals surface area contributed by atoms with E-state index >= 15 is 0 Å². The van der Waals surface area contributed by atoms with Gasteiger partial charge < -0.3 is 10.6 Å². The normalized spacial score (nSPS) is 11.8. The Kier molecular flexibility index (Phi) is 6.67. The fourth-order valence-corrected chi connectivity index (χ4v) is 3.18. The highest BCUT2D eigenvalue weighted by atomic mass is 79.9. The van der Waals surface area contributed by atoms with Gasteiger partial charge in [-0.15, -0.1) is 23.7 Å². The molecule has 2 aromatic rings. The molecule has 0 fully saturated rings. The monoisotopic (exact) mass is 378 g/mol. The van der Waals surface area contributed by atoms with E-state index in [1.54, 1.807) is 29.3 Å². The lowest BCUT2D eigenvalue weighted by molar-refractivity contribution is -0.123. The van der Waals surface area contributed by atoms with Gasteiger partial charge in [-0.2, -0.15) is 5.10 Å². The molecule has 0 aliphatic rings. The van der Waals surface area contributed by atoms with Crippen molar-refractivity contribution < 1.29 is 4.79 Å². The van der Waals surface area contributed by atoms with Gasteiger partial charge >= 0.3 is 0 Å². The topological polar surface area (TPSA) is 59.0 Å². The number of hydrogen-bond acceptors (Lipinski definition) is 4. The van der Waals surface area contributed by atoms with Gasteiger partial charge in [0.05, 0.1) is 16.5 Å². The molecule has 1 atom stereocenters. The van der Waals surface area contributed by atoms with E-state index in [-0.39, 0.29) is 24.4 Å². The largest absolute Gasteiger partial charge is 0.350 e. The molecule has 2 heterocycles. The Hall–Kier alpha value is -0.890. The van der Waals surface area contributed by atoms with Crippen LogP contribution in [0.5, 0.6) is 0 Å². The number of thiophene rings is 1. The van der Waals surface area contributed by atoms with E-state index in [1.165, 1.54) is 0 Å². The van der Waals surface area contributed by atoms with Crippen molar-refractivity contribution in [2.24, 2.45) is 7.05 Å². The fourth-order valence-electron chi connectivity index (χ4n) is 1.76. The number of nitrogens with one attached hydrogen (secondary N) is 2. The number of halogens is 2. The van der Waals surface area contributed by atoms with Gasteiger partial charge in [-0.05, 0) is 35.1 Å². The summed E-state index contributed by atoms with van der Waals surface area (Å²) in [5.74, 6) is -0.0555. The molecule has 0 spiro atoms. The molecule has 5 nitrogen and oxygen atoms in total. The second kappa shape index (κ2) is 7.78. The summed E-state index contributed by atoms with van der Waals surface area (Å²) in [6, 6.07) is 3.59. The van der Waals surface area contributed by atoms with Crippen LogP contribution in [0.15, 0.2) is 28.3 Å². The summed E-state index contributed by atoms with van der Waals surface area (Å²) in [4.78, 5) is 13.3. The summed E-state index contributed by atoms with van der Waals surface area (Å²) in [5.41, 5.74) is 0.856. The van der Waals surface area contributed by atoms with Crippen molar-refractivity contribution in [2.75, 3.05) is 7.05 Å². The summed E-state index contributed by atoms with van der Waals surface area (Å²) in [6.45, 7) is 0.535. The van der Waals surface area contributed by atoms with E-state index in [9.17, 15) is 4.79 Å². The molecular weight excluding hydrogens is 364 g/mol. The number of rotatable bonds is 5. The van der Waals surface area contributed by atoms with E-state index in [0.717, 1.165) is 14.2 Å². The van der Waals surface area contributed by atoms with Crippen molar-refractivity contribution >= 4 is 45.6 Å². The highest BCUT2D eigenvalue weighted by Gasteiger charge is 2.19. The Morgan fingerprint density at radius 2 is 2.30 bits per heavy atom. The third kappa shape index (κ3) is 4.31. The maximum absolute atomic E-state index is 12.1. The number of hydrogen-bond donors (Lipinski definition) is 2. The first-order valence-corrected chi connectivity index (χ1v) is 7.39. The SMILES string of the molecule is CNC(C(=O)NCc1ccc(Br)s1)c1cnn(C)c1.Cl. The molecule has 0 radical (unpaired) electrons. The number of amides is 1. The van der Waals surface area contributed by atoms with Crippen LogP contribution in [0.3, 0.4) is 0 Å². The lowest BCUT2D eigenvalue weighted by atomic mass is 10.1. The first kappa shape index (κ1) is 17.2. The van der Waals surface area contributed by atoms with Gasteiger partial charge in [-0.3, -0.25) is 9.48 Å². The van der Waals surface area contributed by atoms with Crippen molar-refractivity contribution in [2.45, 2.75) is 12.6 Å². The number of likely N-dealkylation sites (N-methyl/N-ethyl adjacent to an activating group) is 1. The van der Waals surface area contributed by atoms with Crippen LogP contribution in [0.2, 0.25) is 0 Å². The highest BCUT2D eigenvalue weighted by molar-refractivity contribution is 9.11. The third-order valence-corrected chi connectivity index (χ3v) is 4.30. The average Bonchev–Trinajstić information content (AvgIpc) is 2.97. The van der Waals surface area contributed by atoms with E-state index in [1.807, 2.05) is 25.4 Å². The number of carbonyl (C=O) groups excluding carboxylic acids is 1. The molecule has 8 heteroatoms. The molecule has 0 saturated carbocycles. The third-order valence-electron chi connectivity index (χ3n) is 2.67. The molecule has 0 aliphatic carbocycles. The van der Waals surface area contributed by atoms with E-state index < -0.39 is 0 Å². The zero-order chi connectivity index (χ0) is 13.8. The van der Waals surface area contributed by atoms with Crippen LogP contribution in [0, 0.1) is 0 Å². The van der Waals surface area contributed by atoms with Crippen LogP contribution in [-0.4, -0.2) is 22.7 Å². The number of carbonyl (C=O) groups is 1. The standard InChI is InChI=1S/C12H15BrN4OS.ClH/c1-14-11(8-5-16-17(2)7-8)12(18)15-6-9-3-4-10(13)19-9;/h3-5,7,11,14H,6H2,1-2H3,(H,15,18);1H. The van der Waals surface area contributed by atoms with Crippen molar-refractivity contribution in [3.05, 3.63) is 38.8 Å². The molecule has 1 unspecified atom stereocenters. The van der Waals surface area contributed by atoms with Gasteiger partial charge in [0.1, 0.15) is 6.04 Å². The van der Waals surface area contributed by atoms with Crippen LogP contribution in [0.4, 0.5) is 0 Å². The van der Waals surface area contributed by atoms with E-state index in [2.05, 4.69) is 31.7 Å². The minimum Gasteiger partial charge on any atom is -0.350 e. The predicted molar refractivity (Wildman–Crippen MR) is 86.1 cm³/mol. The van der Waals surface area contributed by atoms with Gasteiger partial charge in [0.2, 0.25) is 5.91 Å². The molecule has 0 aromatic carbocycles. The predicted octanol–water partition coefficient (Wildman–Crippen LogP) is 2.24. The van der Waals surface area contributed by atoms with E-state index in [4.69, 9.17) is 0 Å². The number of nitrogens with zero attached hydrogens (tertiary/aromatic N) is 2. The summed E-state index contributed by atoms with van der Waals surface area (Å²) < 4.78 is 2.75. The van der Waals surface area contributed by atoms with Gasteiger partial charge in [0, 0.05) is 23.7 Å². The molecule has 2 rings (SSSR count). The molecule has 110 valence electrons. The van der Waals surface area contributed by atoms with Crippen molar-refractivity contribution in [3.8, 4) is 0 Å². The van der Waals surface area contributed by atoms with Crippen molar-refractivity contribution in [1.82, 2.24) is 20.4 Å². The Morgan fingerprint density at radius 3 is 2.80 bits per heavy atom. The summed E-state index contributed by atoms with van der Waals surface area (Å²) in [7, 11) is 3.59. The smallest absolute Gasteiger partial charge is 0.242 e. The van der Waals surface area contributed by atoms with Crippen LogP contribution in [0.25, 0.3) is 0 Å². The molecule has 0 bridgehead atoms. The molecule has 2 aromatic heterocycles. The maximum atomic E-state index is 12.1. The Morgan fingerprint density at radius 1 is 1.55 bits per heavy atom. The lowest BCUT2D eigenvalue weighted by Gasteiger charge is -2.14. The molecular formula is C12H16BrClN4OS. The lowest BCUT2D eigenvalue weighted by Crippen LogP contribution is -2.35. The van der Waals surface area contributed by atoms with Crippen molar-refractivity contribution in [3.63, 3.8) is 0 Å².